The maximum absolute atomic E-state index is 13.8. The number of carbonyl (C=O) groups excluding carboxylic acids is 1. The molecule has 1 fully saturated rings. The molecule has 0 saturated carbocycles. The van der Waals surface area contributed by atoms with Gasteiger partial charge in [-0.15, -0.1) is 0 Å². The Bertz CT molecular complexity index is 791. The van der Waals surface area contributed by atoms with Gasteiger partial charge in [0.25, 0.3) is 5.91 Å². The molecule has 0 aromatic heterocycles. The summed E-state index contributed by atoms with van der Waals surface area (Å²) in [5.41, 5.74) is 1.92. The zero-order valence-electron chi connectivity index (χ0n) is 14.7. The van der Waals surface area contributed by atoms with Crippen molar-refractivity contribution in [1.82, 2.24) is 4.90 Å². The molecule has 3 rings (SSSR count). The largest absolute Gasteiger partial charge is 0.493 e. The molecule has 1 heterocycles. The lowest BCUT2D eigenvalue weighted by Crippen LogP contribution is -2.30. The lowest BCUT2D eigenvalue weighted by molar-refractivity contribution is 0.0735. The fourth-order valence-electron chi connectivity index (χ4n) is 3.31. The van der Waals surface area contributed by atoms with Gasteiger partial charge in [-0.1, -0.05) is 12.1 Å². The molecule has 1 aliphatic rings. The van der Waals surface area contributed by atoms with Crippen LogP contribution in [-0.2, 0) is 0 Å². The Morgan fingerprint density at radius 1 is 1.12 bits per heavy atom. The molecule has 1 saturated heterocycles. The fourth-order valence-corrected chi connectivity index (χ4v) is 3.31. The third kappa shape index (κ3) is 3.31. The van der Waals surface area contributed by atoms with Crippen LogP contribution in [0.1, 0.15) is 40.4 Å². The maximum Gasteiger partial charge on any atom is 0.254 e. The molecular formula is C20H22FNO3. The number of aryl methyl sites for hydroxylation is 1. The normalized spacial score (nSPS) is 16.8. The smallest absolute Gasteiger partial charge is 0.254 e. The third-order valence-electron chi connectivity index (χ3n) is 4.72. The molecule has 4 nitrogen and oxygen atoms in total. The fraction of sp³-hybridized carbons (Fsp3) is 0.350. The number of benzene rings is 2. The molecule has 132 valence electrons. The van der Waals surface area contributed by atoms with Crippen molar-refractivity contribution in [1.29, 1.82) is 0 Å². The van der Waals surface area contributed by atoms with Gasteiger partial charge in [0.1, 0.15) is 5.82 Å². The van der Waals surface area contributed by atoms with Gasteiger partial charge in [0.15, 0.2) is 11.5 Å². The third-order valence-corrected chi connectivity index (χ3v) is 4.72. The van der Waals surface area contributed by atoms with Gasteiger partial charge in [0, 0.05) is 12.1 Å². The Kier molecular flexibility index (Phi) is 4.93. The number of hydrogen-bond acceptors (Lipinski definition) is 3. The van der Waals surface area contributed by atoms with Gasteiger partial charge in [-0.25, -0.2) is 4.39 Å². The lowest BCUT2D eigenvalue weighted by atomic mass is 10.0. The summed E-state index contributed by atoms with van der Waals surface area (Å²) in [4.78, 5) is 14.7. The van der Waals surface area contributed by atoms with E-state index in [1.165, 1.54) is 6.07 Å². The number of nitrogens with zero attached hydrogens (tertiary/aromatic N) is 1. The van der Waals surface area contributed by atoms with Crippen molar-refractivity contribution in [2.24, 2.45) is 0 Å². The Labute approximate surface area is 147 Å². The van der Waals surface area contributed by atoms with E-state index in [-0.39, 0.29) is 17.8 Å². The first kappa shape index (κ1) is 17.3. The van der Waals surface area contributed by atoms with Crippen LogP contribution in [0, 0.1) is 12.7 Å². The van der Waals surface area contributed by atoms with Crippen molar-refractivity contribution in [3.63, 3.8) is 0 Å². The van der Waals surface area contributed by atoms with Gasteiger partial charge < -0.3 is 14.4 Å². The average molecular weight is 343 g/mol. The van der Waals surface area contributed by atoms with Crippen LogP contribution in [-0.4, -0.2) is 31.6 Å². The number of ether oxygens (including phenoxy) is 2. The molecule has 0 bridgehead atoms. The molecule has 5 heteroatoms. The van der Waals surface area contributed by atoms with E-state index in [0.29, 0.717) is 29.2 Å². The van der Waals surface area contributed by atoms with Crippen molar-refractivity contribution >= 4 is 5.91 Å². The molecule has 0 aliphatic carbocycles. The monoisotopic (exact) mass is 343 g/mol. The van der Waals surface area contributed by atoms with E-state index in [1.807, 2.05) is 23.1 Å². The quantitative estimate of drug-likeness (QED) is 0.838. The van der Waals surface area contributed by atoms with E-state index in [2.05, 4.69) is 0 Å². The zero-order chi connectivity index (χ0) is 18.0. The Morgan fingerprint density at radius 2 is 1.88 bits per heavy atom. The number of rotatable bonds is 4. The van der Waals surface area contributed by atoms with Gasteiger partial charge in [-0.05, 0) is 55.2 Å². The summed E-state index contributed by atoms with van der Waals surface area (Å²) in [5, 5.41) is 0. The van der Waals surface area contributed by atoms with Crippen molar-refractivity contribution in [3.05, 3.63) is 58.9 Å². The minimum absolute atomic E-state index is 0.0447. The van der Waals surface area contributed by atoms with Crippen LogP contribution >= 0.6 is 0 Å². The number of likely N-dealkylation sites (tertiary alicyclic amines) is 1. The van der Waals surface area contributed by atoms with E-state index in [1.54, 1.807) is 33.3 Å². The second-order valence-corrected chi connectivity index (χ2v) is 6.23. The van der Waals surface area contributed by atoms with Crippen LogP contribution in [0.5, 0.6) is 11.5 Å². The van der Waals surface area contributed by atoms with Gasteiger partial charge in [-0.3, -0.25) is 4.79 Å². The molecule has 25 heavy (non-hydrogen) atoms. The molecule has 1 amide bonds. The van der Waals surface area contributed by atoms with Crippen LogP contribution in [0.3, 0.4) is 0 Å². The first-order valence-corrected chi connectivity index (χ1v) is 8.34. The highest BCUT2D eigenvalue weighted by Gasteiger charge is 2.31. The standard InChI is InChI=1S/C20H22FNO3/c1-13-6-7-15(11-16(13)21)20(23)22-10-4-5-17(22)14-8-9-18(24-2)19(12-14)25-3/h6-9,11-12,17H,4-5,10H2,1-3H3. The van der Waals surface area contributed by atoms with Crippen molar-refractivity contribution in [2.75, 3.05) is 20.8 Å². The lowest BCUT2D eigenvalue weighted by Gasteiger charge is -2.26. The van der Waals surface area contributed by atoms with Gasteiger partial charge in [0.2, 0.25) is 0 Å². The summed E-state index contributed by atoms with van der Waals surface area (Å²) in [5.74, 6) is 0.798. The van der Waals surface area contributed by atoms with Crippen LogP contribution in [0.15, 0.2) is 36.4 Å². The molecular weight excluding hydrogens is 321 g/mol. The summed E-state index contributed by atoms with van der Waals surface area (Å²) >= 11 is 0. The molecule has 2 aromatic carbocycles. The Morgan fingerprint density at radius 3 is 2.56 bits per heavy atom. The zero-order valence-corrected chi connectivity index (χ0v) is 14.7. The maximum atomic E-state index is 13.8. The molecule has 0 spiro atoms. The summed E-state index contributed by atoms with van der Waals surface area (Å²) < 4.78 is 24.5. The summed E-state index contributed by atoms with van der Waals surface area (Å²) in [6, 6.07) is 10.3. The number of halogens is 1. The van der Waals surface area contributed by atoms with Crippen LogP contribution < -0.4 is 9.47 Å². The highest BCUT2D eigenvalue weighted by molar-refractivity contribution is 5.94. The predicted molar refractivity (Wildman–Crippen MR) is 93.7 cm³/mol. The van der Waals surface area contributed by atoms with E-state index < -0.39 is 0 Å². The SMILES string of the molecule is COc1ccc(C2CCCN2C(=O)c2ccc(C)c(F)c2)cc1OC. The van der Waals surface area contributed by atoms with Gasteiger partial charge >= 0.3 is 0 Å². The van der Waals surface area contributed by atoms with Gasteiger partial charge in [0.05, 0.1) is 20.3 Å². The second kappa shape index (κ2) is 7.13. The average Bonchev–Trinajstić information content (AvgIpc) is 3.12. The van der Waals surface area contributed by atoms with Crippen molar-refractivity contribution < 1.29 is 18.7 Å². The summed E-state index contributed by atoms with van der Waals surface area (Å²) in [6.45, 7) is 2.35. The molecule has 0 radical (unpaired) electrons. The summed E-state index contributed by atoms with van der Waals surface area (Å²) in [6.07, 6.45) is 1.79. The van der Waals surface area contributed by atoms with E-state index in [0.717, 1.165) is 18.4 Å². The topological polar surface area (TPSA) is 38.8 Å². The number of carbonyl (C=O) groups is 1. The van der Waals surface area contributed by atoms with Crippen molar-refractivity contribution in [2.45, 2.75) is 25.8 Å². The minimum Gasteiger partial charge on any atom is -0.493 e. The number of hydrogen-bond donors (Lipinski definition) is 0. The number of amides is 1. The second-order valence-electron chi connectivity index (χ2n) is 6.23. The summed E-state index contributed by atoms with van der Waals surface area (Å²) in [7, 11) is 3.18. The number of methoxy groups -OCH3 is 2. The minimum atomic E-state index is -0.354. The molecule has 0 N–H and O–H groups in total. The van der Waals surface area contributed by atoms with Crippen LogP contribution in [0.25, 0.3) is 0 Å². The van der Waals surface area contributed by atoms with E-state index in [4.69, 9.17) is 9.47 Å². The van der Waals surface area contributed by atoms with Gasteiger partial charge in [-0.2, -0.15) is 0 Å². The highest BCUT2D eigenvalue weighted by atomic mass is 19.1. The molecule has 1 unspecified atom stereocenters. The Balaban J connectivity index is 1.89. The molecule has 1 aliphatic heterocycles. The first-order valence-electron chi connectivity index (χ1n) is 8.34. The Hall–Kier alpha value is -2.56. The van der Waals surface area contributed by atoms with E-state index >= 15 is 0 Å². The van der Waals surface area contributed by atoms with Crippen molar-refractivity contribution in [3.8, 4) is 11.5 Å². The predicted octanol–water partition coefficient (Wildman–Crippen LogP) is 4.13. The van der Waals surface area contributed by atoms with Crippen LogP contribution in [0.4, 0.5) is 4.39 Å². The first-order chi connectivity index (χ1) is 12.0. The van der Waals surface area contributed by atoms with E-state index in [9.17, 15) is 9.18 Å². The molecule has 2 aromatic rings. The van der Waals surface area contributed by atoms with Crippen LogP contribution in [0.2, 0.25) is 0 Å². The highest BCUT2D eigenvalue weighted by Crippen LogP contribution is 2.37. The molecule has 1 atom stereocenters.